The van der Waals surface area contributed by atoms with Crippen molar-refractivity contribution in [1.82, 2.24) is 5.32 Å². The molecule has 0 aliphatic rings. The molecule has 0 aromatic heterocycles. The molecular formula is C11H19NO. The van der Waals surface area contributed by atoms with Crippen LogP contribution in [-0.2, 0) is 4.79 Å². The van der Waals surface area contributed by atoms with Gasteiger partial charge in [-0.2, -0.15) is 0 Å². The number of likely N-dealkylation sites (N-methyl/N-ethyl adjacent to an activating group) is 1. The first kappa shape index (κ1) is 12.2. The molecule has 0 spiro atoms. The minimum Gasteiger partial charge on any atom is -0.306 e. The third-order valence-corrected chi connectivity index (χ3v) is 2.04. The van der Waals surface area contributed by atoms with Crippen LogP contribution in [0.4, 0.5) is 0 Å². The maximum Gasteiger partial charge on any atom is 0.152 e. The van der Waals surface area contributed by atoms with E-state index < -0.39 is 5.54 Å². The van der Waals surface area contributed by atoms with Crippen LogP contribution in [0.5, 0.6) is 0 Å². The van der Waals surface area contributed by atoms with Crippen LogP contribution in [0.15, 0.2) is 0 Å². The molecule has 0 saturated heterocycles. The number of Topliss-reactive ketones (excluding diaryl/α,β-unsaturated/α-hetero) is 1. The average molecular weight is 181 g/mol. The molecule has 0 aliphatic carbocycles. The highest BCUT2D eigenvalue weighted by Crippen LogP contribution is 2.09. The molecule has 0 saturated carbocycles. The van der Waals surface area contributed by atoms with E-state index in [4.69, 9.17) is 6.42 Å². The minimum atomic E-state index is -0.399. The summed E-state index contributed by atoms with van der Waals surface area (Å²) in [4.78, 5) is 11.6. The predicted molar refractivity (Wildman–Crippen MR) is 55.4 cm³/mol. The molecule has 0 unspecified atom stereocenters. The molecule has 0 aliphatic heterocycles. The van der Waals surface area contributed by atoms with Crippen LogP contribution in [-0.4, -0.2) is 17.9 Å². The maximum atomic E-state index is 11.6. The Morgan fingerprint density at radius 2 is 2.15 bits per heavy atom. The van der Waals surface area contributed by atoms with Gasteiger partial charge in [-0.3, -0.25) is 4.79 Å². The highest BCUT2D eigenvalue weighted by atomic mass is 16.1. The number of hydrogen-bond acceptors (Lipinski definition) is 2. The Balaban J connectivity index is 3.88. The molecule has 1 N–H and O–H groups in total. The summed E-state index contributed by atoms with van der Waals surface area (Å²) in [7, 11) is 0. The van der Waals surface area contributed by atoms with Gasteiger partial charge in [-0.15, -0.1) is 12.3 Å². The zero-order chi connectivity index (χ0) is 10.3. The topological polar surface area (TPSA) is 29.1 Å². The molecule has 2 nitrogen and oxygen atoms in total. The van der Waals surface area contributed by atoms with E-state index >= 15 is 0 Å². The van der Waals surface area contributed by atoms with Gasteiger partial charge in [0.2, 0.25) is 0 Å². The lowest BCUT2D eigenvalue weighted by Crippen LogP contribution is -2.46. The van der Waals surface area contributed by atoms with Crippen molar-refractivity contribution in [3.63, 3.8) is 0 Å². The minimum absolute atomic E-state index is 0.240. The normalized spacial score (nSPS) is 10.9. The van der Waals surface area contributed by atoms with Crippen molar-refractivity contribution in [2.24, 2.45) is 0 Å². The molecule has 2 heteroatoms. The first-order valence-corrected chi connectivity index (χ1v) is 4.76. The zero-order valence-corrected chi connectivity index (χ0v) is 8.81. The highest BCUT2D eigenvalue weighted by molar-refractivity contribution is 5.87. The fourth-order valence-electron chi connectivity index (χ4n) is 1.20. The van der Waals surface area contributed by atoms with Gasteiger partial charge in [-0.25, -0.2) is 0 Å². The van der Waals surface area contributed by atoms with Crippen molar-refractivity contribution in [3.05, 3.63) is 0 Å². The van der Waals surface area contributed by atoms with Gasteiger partial charge in [0.05, 0.1) is 5.54 Å². The van der Waals surface area contributed by atoms with E-state index in [-0.39, 0.29) is 5.78 Å². The molecule has 0 amide bonds. The lowest BCUT2D eigenvalue weighted by Gasteiger charge is -2.23. The van der Waals surface area contributed by atoms with Gasteiger partial charge in [-0.05, 0) is 26.8 Å². The Bertz CT molecular complexity index is 201. The van der Waals surface area contributed by atoms with E-state index in [0.29, 0.717) is 12.8 Å². The van der Waals surface area contributed by atoms with Crippen LogP contribution in [0.3, 0.4) is 0 Å². The monoisotopic (exact) mass is 181 g/mol. The first-order chi connectivity index (χ1) is 6.04. The lowest BCUT2D eigenvalue weighted by molar-refractivity contribution is -0.124. The van der Waals surface area contributed by atoms with Gasteiger partial charge in [-0.1, -0.05) is 6.92 Å². The molecule has 0 fully saturated rings. The lowest BCUT2D eigenvalue weighted by atomic mass is 9.95. The SMILES string of the molecule is C#CCCCC(=O)C(C)(C)NCC. The highest BCUT2D eigenvalue weighted by Gasteiger charge is 2.24. The third-order valence-electron chi connectivity index (χ3n) is 2.04. The standard InChI is InChI=1S/C11H19NO/c1-5-7-8-9-10(13)11(3,4)12-6-2/h1,12H,6-9H2,2-4H3. The van der Waals surface area contributed by atoms with Crippen molar-refractivity contribution in [2.75, 3.05) is 6.54 Å². The summed E-state index contributed by atoms with van der Waals surface area (Å²) in [5.41, 5.74) is -0.399. The molecule has 0 aromatic rings. The van der Waals surface area contributed by atoms with E-state index in [0.717, 1.165) is 13.0 Å². The van der Waals surface area contributed by atoms with Gasteiger partial charge in [0.25, 0.3) is 0 Å². The summed E-state index contributed by atoms with van der Waals surface area (Å²) in [5.74, 6) is 2.77. The third kappa shape index (κ3) is 4.69. The number of unbranched alkanes of at least 4 members (excludes halogenated alkanes) is 1. The Morgan fingerprint density at radius 3 is 2.62 bits per heavy atom. The van der Waals surface area contributed by atoms with E-state index in [1.165, 1.54) is 0 Å². The number of hydrogen-bond donors (Lipinski definition) is 1. The first-order valence-electron chi connectivity index (χ1n) is 4.76. The van der Waals surface area contributed by atoms with Crippen molar-refractivity contribution < 1.29 is 4.79 Å². The molecule has 74 valence electrons. The number of carbonyl (C=O) groups excluding carboxylic acids is 1. The van der Waals surface area contributed by atoms with Gasteiger partial charge in [0.1, 0.15) is 0 Å². The quantitative estimate of drug-likeness (QED) is 0.499. The molecular weight excluding hydrogens is 162 g/mol. The number of ketones is 1. The largest absolute Gasteiger partial charge is 0.306 e. The van der Waals surface area contributed by atoms with Crippen molar-refractivity contribution in [3.8, 4) is 12.3 Å². The smallest absolute Gasteiger partial charge is 0.152 e. The molecule has 13 heavy (non-hydrogen) atoms. The van der Waals surface area contributed by atoms with Gasteiger partial charge < -0.3 is 5.32 Å². The fraction of sp³-hybridized carbons (Fsp3) is 0.727. The average Bonchev–Trinajstić information content (AvgIpc) is 2.04. The zero-order valence-electron chi connectivity index (χ0n) is 8.81. The summed E-state index contributed by atoms with van der Waals surface area (Å²) in [6, 6.07) is 0. The maximum absolute atomic E-state index is 11.6. The summed E-state index contributed by atoms with van der Waals surface area (Å²) < 4.78 is 0. The second-order valence-corrected chi connectivity index (χ2v) is 3.64. The van der Waals surface area contributed by atoms with Crippen LogP contribution >= 0.6 is 0 Å². The van der Waals surface area contributed by atoms with Gasteiger partial charge in [0.15, 0.2) is 5.78 Å². The molecule has 0 aromatic carbocycles. The fourth-order valence-corrected chi connectivity index (χ4v) is 1.20. The molecule has 0 rings (SSSR count). The Morgan fingerprint density at radius 1 is 1.54 bits per heavy atom. The number of nitrogens with one attached hydrogen (secondary N) is 1. The number of carbonyl (C=O) groups is 1. The molecule has 0 radical (unpaired) electrons. The van der Waals surface area contributed by atoms with Crippen LogP contribution in [0.1, 0.15) is 40.0 Å². The van der Waals surface area contributed by atoms with Crippen molar-refractivity contribution in [2.45, 2.75) is 45.6 Å². The summed E-state index contributed by atoms with van der Waals surface area (Å²) in [5, 5.41) is 3.15. The summed E-state index contributed by atoms with van der Waals surface area (Å²) >= 11 is 0. The molecule has 0 bridgehead atoms. The Hall–Kier alpha value is -0.810. The van der Waals surface area contributed by atoms with Crippen LogP contribution in [0.2, 0.25) is 0 Å². The summed E-state index contributed by atoms with van der Waals surface area (Å²) in [6.07, 6.45) is 7.16. The molecule has 0 heterocycles. The number of terminal acetylenes is 1. The van der Waals surface area contributed by atoms with Gasteiger partial charge in [0, 0.05) is 12.8 Å². The van der Waals surface area contributed by atoms with E-state index in [1.807, 2.05) is 20.8 Å². The van der Waals surface area contributed by atoms with E-state index in [9.17, 15) is 4.79 Å². The van der Waals surface area contributed by atoms with Crippen LogP contribution in [0, 0.1) is 12.3 Å². The Labute approximate surface area is 81.1 Å². The van der Waals surface area contributed by atoms with E-state index in [2.05, 4.69) is 11.2 Å². The predicted octanol–water partition coefficient (Wildman–Crippen LogP) is 1.75. The molecule has 0 atom stereocenters. The van der Waals surface area contributed by atoms with Crippen molar-refractivity contribution >= 4 is 5.78 Å². The van der Waals surface area contributed by atoms with Crippen molar-refractivity contribution in [1.29, 1.82) is 0 Å². The van der Waals surface area contributed by atoms with Crippen LogP contribution in [0.25, 0.3) is 0 Å². The second-order valence-electron chi connectivity index (χ2n) is 3.64. The Kier molecular flexibility index (Phi) is 5.41. The number of rotatable bonds is 6. The second kappa shape index (κ2) is 5.77. The van der Waals surface area contributed by atoms with Gasteiger partial charge >= 0.3 is 0 Å². The summed E-state index contributed by atoms with van der Waals surface area (Å²) in [6.45, 7) is 6.63. The van der Waals surface area contributed by atoms with Crippen LogP contribution < -0.4 is 5.32 Å². The van der Waals surface area contributed by atoms with E-state index in [1.54, 1.807) is 0 Å².